The molecule has 3 heteroatoms. The van der Waals surface area contributed by atoms with Gasteiger partial charge in [0.1, 0.15) is 12.0 Å². The molecule has 1 heterocycles. The fourth-order valence-electron chi connectivity index (χ4n) is 0.514. The van der Waals surface area contributed by atoms with Gasteiger partial charge in [0, 0.05) is 12.6 Å². The van der Waals surface area contributed by atoms with Gasteiger partial charge in [0.15, 0.2) is 0 Å². The number of nitrogens with zero attached hydrogens (tertiary/aromatic N) is 1. The highest BCUT2D eigenvalue weighted by Crippen LogP contribution is 2.04. The van der Waals surface area contributed by atoms with Gasteiger partial charge in [0.25, 0.3) is 0 Å². The number of allylic oxidation sites excluding steroid dienone is 1. The lowest BCUT2D eigenvalue weighted by Crippen LogP contribution is -2.08. The highest BCUT2D eigenvalue weighted by Gasteiger charge is 2.03. The lowest BCUT2D eigenvalue weighted by Gasteiger charge is -2.02. The van der Waals surface area contributed by atoms with Gasteiger partial charge < -0.3 is 5.73 Å². The van der Waals surface area contributed by atoms with E-state index >= 15 is 0 Å². The number of hydrogen-bond acceptors (Lipinski definition) is 2. The van der Waals surface area contributed by atoms with Crippen LogP contribution in [-0.4, -0.2) is 12.4 Å². The molecule has 0 spiro atoms. The molecule has 1 rings (SSSR count). The van der Waals surface area contributed by atoms with E-state index < -0.39 is 6.17 Å². The second-order valence-electron chi connectivity index (χ2n) is 1.66. The van der Waals surface area contributed by atoms with Crippen LogP contribution in [0.4, 0.5) is 4.39 Å². The molecule has 2 N–H and O–H groups in total. The molecule has 0 bridgehead atoms. The van der Waals surface area contributed by atoms with E-state index in [1.165, 1.54) is 6.21 Å². The van der Waals surface area contributed by atoms with Gasteiger partial charge in [-0.25, -0.2) is 9.38 Å². The smallest absolute Gasteiger partial charge is 0.139 e. The van der Waals surface area contributed by atoms with Crippen LogP contribution in [0.2, 0.25) is 0 Å². The van der Waals surface area contributed by atoms with Gasteiger partial charge in [-0.15, -0.1) is 0 Å². The fourth-order valence-corrected chi connectivity index (χ4v) is 0.514. The molecule has 1 atom stereocenters. The van der Waals surface area contributed by atoms with Crippen LogP contribution in [0, 0.1) is 0 Å². The average molecular weight is 114 g/mol. The van der Waals surface area contributed by atoms with Crippen molar-refractivity contribution in [3.63, 3.8) is 0 Å². The first-order valence-corrected chi connectivity index (χ1v) is 2.43. The Labute approximate surface area is 46.9 Å². The summed E-state index contributed by atoms with van der Waals surface area (Å²) in [5.74, 6) is 0.416. The first-order valence-electron chi connectivity index (χ1n) is 2.43. The van der Waals surface area contributed by atoms with Crippen molar-refractivity contribution in [1.82, 2.24) is 0 Å². The van der Waals surface area contributed by atoms with E-state index in [1.807, 2.05) is 0 Å². The number of rotatable bonds is 0. The Morgan fingerprint density at radius 1 is 1.88 bits per heavy atom. The summed E-state index contributed by atoms with van der Waals surface area (Å²) >= 11 is 0. The van der Waals surface area contributed by atoms with Crippen LogP contribution in [0.3, 0.4) is 0 Å². The maximum Gasteiger partial charge on any atom is 0.139 e. The summed E-state index contributed by atoms with van der Waals surface area (Å²) in [6.07, 6.45) is 2.23. The summed E-state index contributed by atoms with van der Waals surface area (Å²) < 4.78 is 12.1. The summed E-state index contributed by atoms with van der Waals surface area (Å²) in [6, 6.07) is 0. The van der Waals surface area contributed by atoms with Crippen LogP contribution in [0.25, 0.3) is 0 Å². The summed E-state index contributed by atoms with van der Waals surface area (Å²) in [7, 11) is 0. The lowest BCUT2D eigenvalue weighted by atomic mass is 10.2. The molecule has 0 aromatic heterocycles. The Balaban J connectivity index is 2.58. The Morgan fingerprint density at radius 3 is 3.00 bits per heavy atom. The van der Waals surface area contributed by atoms with Gasteiger partial charge in [-0.2, -0.15) is 0 Å². The molecule has 0 aliphatic carbocycles. The lowest BCUT2D eigenvalue weighted by molar-refractivity contribution is 0.430. The molecular formula is C5H7FN2. The molecule has 44 valence electrons. The van der Waals surface area contributed by atoms with Crippen molar-refractivity contribution in [2.75, 3.05) is 0 Å². The van der Waals surface area contributed by atoms with Gasteiger partial charge in [-0.1, -0.05) is 0 Å². The van der Waals surface area contributed by atoms with Crippen LogP contribution in [0.1, 0.15) is 6.42 Å². The third-order valence-corrected chi connectivity index (χ3v) is 0.938. The van der Waals surface area contributed by atoms with Gasteiger partial charge in [-0.3, -0.25) is 0 Å². The minimum absolute atomic E-state index is 0.370. The first-order chi connectivity index (χ1) is 3.79. The highest BCUT2D eigenvalue weighted by molar-refractivity contribution is 5.65. The summed E-state index contributed by atoms with van der Waals surface area (Å²) in [5.41, 5.74) is 5.19. The van der Waals surface area contributed by atoms with E-state index in [4.69, 9.17) is 5.73 Å². The Hall–Kier alpha value is -0.860. The molecule has 1 aliphatic heterocycles. The van der Waals surface area contributed by atoms with Gasteiger partial charge in [0.05, 0.1) is 0 Å². The van der Waals surface area contributed by atoms with Gasteiger partial charge >= 0.3 is 0 Å². The molecule has 0 unspecified atom stereocenters. The van der Waals surface area contributed by atoms with E-state index in [2.05, 4.69) is 4.99 Å². The van der Waals surface area contributed by atoms with Crippen LogP contribution < -0.4 is 5.73 Å². The minimum atomic E-state index is -0.928. The third kappa shape index (κ3) is 1.05. The molecule has 0 radical (unpaired) electrons. The van der Waals surface area contributed by atoms with E-state index in [9.17, 15) is 4.39 Å². The number of alkyl halides is 1. The standard InChI is InChI=1S/C5H7FN2/c6-4-1-2-5(7)8-3-4/h2-4H,1,7H2/t4-/m1/s1. The zero-order valence-electron chi connectivity index (χ0n) is 4.34. The van der Waals surface area contributed by atoms with Crippen molar-refractivity contribution in [3.05, 3.63) is 11.9 Å². The third-order valence-electron chi connectivity index (χ3n) is 0.938. The van der Waals surface area contributed by atoms with Crippen LogP contribution >= 0.6 is 0 Å². The molecule has 0 amide bonds. The maximum atomic E-state index is 12.1. The average Bonchev–Trinajstić information content (AvgIpc) is 1.77. The van der Waals surface area contributed by atoms with E-state index in [0.717, 1.165) is 0 Å². The first kappa shape index (κ1) is 5.28. The van der Waals surface area contributed by atoms with Crippen LogP contribution in [-0.2, 0) is 0 Å². The molecule has 0 aromatic carbocycles. The van der Waals surface area contributed by atoms with Crippen molar-refractivity contribution in [1.29, 1.82) is 0 Å². The van der Waals surface area contributed by atoms with Crippen molar-refractivity contribution >= 4 is 6.21 Å². The summed E-state index contributed by atoms with van der Waals surface area (Å²) in [6.45, 7) is 0. The molecular weight excluding hydrogens is 107 g/mol. The number of hydrogen-bond donors (Lipinski definition) is 1. The molecule has 0 saturated heterocycles. The van der Waals surface area contributed by atoms with Crippen molar-refractivity contribution < 1.29 is 4.39 Å². The van der Waals surface area contributed by atoms with Crippen LogP contribution in [0.5, 0.6) is 0 Å². The van der Waals surface area contributed by atoms with Crippen molar-refractivity contribution in [2.45, 2.75) is 12.6 Å². The van der Waals surface area contributed by atoms with E-state index in [1.54, 1.807) is 6.08 Å². The SMILES string of the molecule is NC1=CC[C@@H](F)C=N1. The van der Waals surface area contributed by atoms with E-state index in [0.29, 0.717) is 12.2 Å². The molecule has 0 aromatic rings. The van der Waals surface area contributed by atoms with Gasteiger partial charge in [-0.05, 0) is 6.08 Å². The maximum absolute atomic E-state index is 12.1. The topological polar surface area (TPSA) is 38.4 Å². The van der Waals surface area contributed by atoms with Crippen molar-refractivity contribution in [2.24, 2.45) is 10.7 Å². The largest absolute Gasteiger partial charge is 0.384 e. The fraction of sp³-hybridized carbons (Fsp3) is 0.400. The van der Waals surface area contributed by atoms with Crippen molar-refractivity contribution in [3.8, 4) is 0 Å². The molecule has 0 saturated carbocycles. The normalized spacial score (nSPS) is 27.6. The zero-order valence-corrected chi connectivity index (χ0v) is 4.34. The molecule has 0 fully saturated rings. The number of nitrogens with two attached hydrogens (primary N) is 1. The van der Waals surface area contributed by atoms with E-state index in [-0.39, 0.29) is 0 Å². The minimum Gasteiger partial charge on any atom is -0.384 e. The number of aliphatic imine (C=N–C) groups is 1. The monoisotopic (exact) mass is 114 g/mol. The number of halogens is 1. The predicted octanol–water partition coefficient (Wildman–Crippen LogP) is 0.599. The molecule has 8 heavy (non-hydrogen) atoms. The molecule has 2 nitrogen and oxygen atoms in total. The Morgan fingerprint density at radius 2 is 2.62 bits per heavy atom. The summed E-state index contributed by atoms with van der Waals surface area (Å²) in [4.78, 5) is 3.55. The quantitative estimate of drug-likeness (QED) is 0.492. The highest BCUT2D eigenvalue weighted by atomic mass is 19.1. The summed E-state index contributed by atoms with van der Waals surface area (Å²) in [5, 5.41) is 0. The predicted molar refractivity (Wildman–Crippen MR) is 30.3 cm³/mol. The Kier molecular flexibility index (Phi) is 1.28. The molecule has 1 aliphatic rings. The second kappa shape index (κ2) is 1.94. The second-order valence-corrected chi connectivity index (χ2v) is 1.66. The Bertz CT molecular complexity index is 139. The van der Waals surface area contributed by atoms with Crippen LogP contribution in [0.15, 0.2) is 16.9 Å². The van der Waals surface area contributed by atoms with Gasteiger partial charge in [0.2, 0.25) is 0 Å². The zero-order chi connectivity index (χ0) is 5.98.